The van der Waals surface area contributed by atoms with Crippen LogP contribution in [0.5, 0.6) is 0 Å². The molecule has 0 aliphatic carbocycles. The summed E-state index contributed by atoms with van der Waals surface area (Å²) in [5, 5.41) is 11.8. The molecule has 35 heavy (non-hydrogen) atoms. The van der Waals surface area contributed by atoms with Gasteiger partial charge in [0, 0.05) is 36.8 Å². The number of aromatic nitrogens is 5. The monoisotopic (exact) mass is 493 g/mol. The number of pyridine rings is 1. The van der Waals surface area contributed by atoms with Gasteiger partial charge in [-0.05, 0) is 25.5 Å². The Morgan fingerprint density at radius 1 is 1.37 bits per heavy atom. The number of hydrogen-bond donors (Lipinski definition) is 2. The van der Waals surface area contributed by atoms with Crippen molar-refractivity contribution in [2.45, 2.75) is 38.1 Å². The number of alkyl halides is 3. The van der Waals surface area contributed by atoms with E-state index in [4.69, 9.17) is 9.26 Å². The van der Waals surface area contributed by atoms with Crippen molar-refractivity contribution in [1.82, 2.24) is 25.3 Å². The molecule has 3 aromatic heterocycles. The van der Waals surface area contributed by atoms with Crippen molar-refractivity contribution in [3.05, 3.63) is 57.7 Å². The van der Waals surface area contributed by atoms with Gasteiger partial charge in [-0.15, -0.1) is 0 Å². The quantitative estimate of drug-likeness (QED) is 0.427. The molecular formula is C21H22F3N7O4. The lowest BCUT2D eigenvalue weighted by molar-refractivity contribution is -0.138. The van der Waals surface area contributed by atoms with Gasteiger partial charge < -0.3 is 19.5 Å². The molecule has 0 amide bonds. The van der Waals surface area contributed by atoms with Gasteiger partial charge in [0.15, 0.2) is 12.1 Å². The van der Waals surface area contributed by atoms with Crippen LogP contribution in [0.25, 0.3) is 0 Å². The Hall–Kier alpha value is -3.81. The number of rotatable bonds is 9. The summed E-state index contributed by atoms with van der Waals surface area (Å²) in [6.07, 6.45) is -0.870. The van der Waals surface area contributed by atoms with Crippen molar-refractivity contribution >= 4 is 17.8 Å². The normalized spacial score (nSPS) is 16.9. The van der Waals surface area contributed by atoms with Crippen molar-refractivity contribution in [2.24, 2.45) is 0 Å². The van der Waals surface area contributed by atoms with E-state index < -0.39 is 29.0 Å². The fourth-order valence-electron chi connectivity index (χ4n) is 3.75. The highest BCUT2D eigenvalue weighted by molar-refractivity contribution is 5.74. The first-order valence-electron chi connectivity index (χ1n) is 10.7. The number of nitrogens with zero attached hydrogens (tertiary/aromatic N) is 5. The summed E-state index contributed by atoms with van der Waals surface area (Å²) in [6.45, 7) is 2.98. The molecule has 1 fully saturated rings. The van der Waals surface area contributed by atoms with E-state index in [1.807, 2.05) is 0 Å². The Balaban J connectivity index is 1.28. The summed E-state index contributed by atoms with van der Waals surface area (Å²) in [6, 6.07) is 2.93. The fourth-order valence-corrected chi connectivity index (χ4v) is 3.75. The number of H-pyrrole nitrogens is 1. The van der Waals surface area contributed by atoms with Crippen LogP contribution in [0.4, 0.5) is 24.7 Å². The van der Waals surface area contributed by atoms with Crippen molar-refractivity contribution in [1.29, 1.82) is 0 Å². The van der Waals surface area contributed by atoms with Crippen molar-refractivity contribution < 1.29 is 27.2 Å². The summed E-state index contributed by atoms with van der Waals surface area (Å²) >= 11 is 0. The summed E-state index contributed by atoms with van der Waals surface area (Å²) in [5.74, 6) is 1.57. The van der Waals surface area contributed by atoms with E-state index in [2.05, 4.69) is 30.4 Å². The second-order valence-electron chi connectivity index (χ2n) is 8.09. The number of ether oxygens (including phenoxy) is 1. The highest BCUT2D eigenvalue weighted by atomic mass is 19.4. The predicted molar refractivity (Wildman–Crippen MR) is 116 cm³/mol. The number of aldehydes is 1. The average Bonchev–Trinajstić information content (AvgIpc) is 3.48. The van der Waals surface area contributed by atoms with Crippen molar-refractivity contribution in [2.75, 3.05) is 29.9 Å². The Morgan fingerprint density at radius 3 is 2.91 bits per heavy atom. The number of aromatic amines is 1. The molecule has 3 aromatic rings. The molecule has 0 radical (unpaired) electrons. The van der Waals surface area contributed by atoms with E-state index >= 15 is 0 Å². The predicted octanol–water partition coefficient (Wildman–Crippen LogP) is 2.39. The van der Waals surface area contributed by atoms with Crippen LogP contribution < -0.4 is 15.8 Å². The SMILES string of the molecule is CC(COCc1nc(C2CCN(c3ccc(C=O)cn3)C2)no1)Nc1cn[nH]c(=O)c1C(F)(F)F. The molecule has 14 heteroatoms. The summed E-state index contributed by atoms with van der Waals surface area (Å²) in [4.78, 5) is 33.1. The first-order chi connectivity index (χ1) is 16.7. The molecule has 0 saturated carbocycles. The van der Waals surface area contributed by atoms with E-state index in [-0.39, 0.29) is 25.0 Å². The number of hydrogen-bond acceptors (Lipinski definition) is 10. The smallest absolute Gasteiger partial charge is 0.378 e. The second kappa shape index (κ2) is 10.2. The molecular weight excluding hydrogens is 471 g/mol. The maximum absolute atomic E-state index is 13.1. The van der Waals surface area contributed by atoms with Gasteiger partial charge in [0.05, 0.1) is 18.5 Å². The highest BCUT2D eigenvalue weighted by Crippen LogP contribution is 2.32. The topological polar surface area (TPSA) is 139 Å². The molecule has 0 bridgehead atoms. The van der Waals surface area contributed by atoms with Crippen LogP contribution in [-0.2, 0) is 17.5 Å². The Morgan fingerprint density at radius 2 is 2.20 bits per heavy atom. The molecule has 1 saturated heterocycles. The van der Waals surface area contributed by atoms with Gasteiger partial charge in [-0.25, -0.2) is 10.1 Å². The van der Waals surface area contributed by atoms with Crippen LogP contribution in [0.2, 0.25) is 0 Å². The van der Waals surface area contributed by atoms with E-state index in [9.17, 15) is 22.8 Å². The van der Waals surface area contributed by atoms with Gasteiger partial charge in [-0.2, -0.15) is 23.3 Å². The van der Waals surface area contributed by atoms with Crippen LogP contribution in [0.1, 0.15) is 46.9 Å². The van der Waals surface area contributed by atoms with Gasteiger partial charge in [0.25, 0.3) is 11.4 Å². The van der Waals surface area contributed by atoms with Gasteiger partial charge in [0.2, 0.25) is 0 Å². The van der Waals surface area contributed by atoms with Crippen molar-refractivity contribution in [3.8, 4) is 0 Å². The van der Waals surface area contributed by atoms with Crippen LogP contribution in [0.3, 0.4) is 0 Å². The fraction of sp³-hybridized carbons (Fsp3) is 0.429. The molecule has 1 aliphatic heterocycles. The summed E-state index contributed by atoms with van der Waals surface area (Å²) < 4.78 is 50.2. The number of carbonyl (C=O) groups is 1. The molecule has 4 rings (SSSR count). The maximum Gasteiger partial charge on any atom is 0.423 e. The third-order valence-electron chi connectivity index (χ3n) is 5.40. The lowest BCUT2D eigenvalue weighted by atomic mass is 10.1. The first kappa shape index (κ1) is 24.3. The number of carbonyl (C=O) groups excluding carboxylic acids is 1. The van der Waals surface area contributed by atoms with Gasteiger partial charge in [-0.1, -0.05) is 5.16 Å². The zero-order valence-corrected chi connectivity index (χ0v) is 18.6. The van der Waals surface area contributed by atoms with E-state index in [0.717, 1.165) is 31.3 Å². The molecule has 2 unspecified atom stereocenters. The maximum atomic E-state index is 13.1. The summed E-state index contributed by atoms with van der Waals surface area (Å²) in [5.41, 5.74) is -2.60. The van der Waals surface area contributed by atoms with Crippen LogP contribution in [0.15, 0.2) is 33.8 Å². The Labute approximate surface area is 196 Å². The van der Waals surface area contributed by atoms with E-state index in [1.54, 1.807) is 24.2 Å². The molecule has 186 valence electrons. The van der Waals surface area contributed by atoms with Crippen LogP contribution in [-0.4, -0.2) is 57.3 Å². The standard InChI is InChI=1S/C21H22F3N7O4/c1-12(27-15-7-26-29-20(33)18(15)21(22,23)24)10-34-11-17-28-19(30-35-17)14-4-5-31(8-14)16-3-2-13(9-32)6-25-16/h2-3,6-7,9,12,14H,4-5,8,10-11H2,1H3,(H2,27,29,33). The number of nitrogens with one attached hydrogen (secondary N) is 2. The molecule has 4 heterocycles. The Bertz CT molecular complexity index is 1210. The zero-order valence-electron chi connectivity index (χ0n) is 18.6. The molecule has 1 aliphatic rings. The van der Waals surface area contributed by atoms with E-state index in [1.165, 1.54) is 6.20 Å². The van der Waals surface area contributed by atoms with Gasteiger partial charge in [0.1, 0.15) is 18.0 Å². The van der Waals surface area contributed by atoms with Crippen LogP contribution >= 0.6 is 0 Å². The molecule has 2 N–H and O–H groups in total. The Kier molecular flexibility index (Phi) is 7.10. The lowest BCUT2D eigenvalue weighted by Crippen LogP contribution is -2.29. The third kappa shape index (κ3) is 5.82. The molecule has 0 spiro atoms. The van der Waals surface area contributed by atoms with Crippen molar-refractivity contribution in [3.63, 3.8) is 0 Å². The first-order valence-corrected chi connectivity index (χ1v) is 10.7. The summed E-state index contributed by atoms with van der Waals surface area (Å²) in [7, 11) is 0. The largest absolute Gasteiger partial charge is 0.423 e. The number of anilines is 2. The highest BCUT2D eigenvalue weighted by Gasteiger charge is 2.37. The number of halogens is 3. The second-order valence-corrected chi connectivity index (χ2v) is 8.09. The minimum atomic E-state index is -4.83. The molecule has 11 nitrogen and oxygen atoms in total. The minimum Gasteiger partial charge on any atom is -0.378 e. The zero-order chi connectivity index (χ0) is 25.0. The molecule has 2 atom stereocenters. The molecule has 0 aromatic carbocycles. The van der Waals surface area contributed by atoms with E-state index in [0.29, 0.717) is 17.9 Å². The van der Waals surface area contributed by atoms with Gasteiger partial charge in [-0.3, -0.25) is 9.59 Å². The van der Waals surface area contributed by atoms with Crippen LogP contribution in [0, 0.1) is 0 Å². The lowest BCUT2D eigenvalue weighted by Gasteiger charge is -2.17. The third-order valence-corrected chi connectivity index (χ3v) is 5.40. The van der Waals surface area contributed by atoms with Gasteiger partial charge >= 0.3 is 6.18 Å². The minimum absolute atomic E-state index is 0.0153. The average molecular weight is 493 g/mol.